The third-order valence-electron chi connectivity index (χ3n) is 2.54. The van der Waals surface area contributed by atoms with Crippen LogP contribution in [0.3, 0.4) is 0 Å². The van der Waals surface area contributed by atoms with Crippen molar-refractivity contribution in [2.24, 2.45) is 5.73 Å². The van der Waals surface area contributed by atoms with Gasteiger partial charge in [-0.3, -0.25) is 4.79 Å². The summed E-state index contributed by atoms with van der Waals surface area (Å²) < 4.78 is 0. The fourth-order valence-corrected chi connectivity index (χ4v) is 1.71. The van der Waals surface area contributed by atoms with Crippen molar-refractivity contribution in [2.45, 2.75) is 13.0 Å². The van der Waals surface area contributed by atoms with Gasteiger partial charge in [-0.15, -0.1) is 0 Å². The Labute approximate surface area is 89.2 Å². The number of rotatable bonds is 3. The number of carbonyl (C=O) groups excluding carboxylic acids is 1. The van der Waals surface area contributed by atoms with Crippen molar-refractivity contribution in [3.05, 3.63) is 41.6 Å². The van der Waals surface area contributed by atoms with Crippen molar-refractivity contribution in [2.75, 3.05) is 6.54 Å². The number of nitrogens with two attached hydrogens (primary N) is 1. The van der Waals surface area contributed by atoms with Crippen LogP contribution in [0.15, 0.2) is 30.5 Å². The minimum Gasteiger partial charge on any atom is -0.373 e. The van der Waals surface area contributed by atoms with Crippen LogP contribution in [-0.2, 0) is 11.3 Å². The molecule has 0 spiro atoms. The van der Waals surface area contributed by atoms with Crippen molar-refractivity contribution in [3.63, 3.8) is 0 Å². The molecule has 0 radical (unpaired) electrons. The Balaban J connectivity index is 2.03. The summed E-state index contributed by atoms with van der Waals surface area (Å²) in [5, 5.41) is 0. The quantitative estimate of drug-likeness (QED) is 0.804. The van der Waals surface area contributed by atoms with Crippen LogP contribution in [0.2, 0.25) is 0 Å². The molecule has 1 aliphatic heterocycles. The van der Waals surface area contributed by atoms with E-state index >= 15 is 0 Å². The molecule has 1 heterocycles. The van der Waals surface area contributed by atoms with E-state index in [1.165, 1.54) is 11.1 Å². The molecule has 2 rings (SSSR count). The lowest BCUT2D eigenvalue weighted by Crippen LogP contribution is -2.25. The number of nitrogens with zero attached hydrogens (tertiary/aromatic N) is 1. The highest BCUT2D eigenvalue weighted by Gasteiger charge is 2.09. The lowest BCUT2D eigenvalue weighted by molar-refractivity contribution is -0.118. The number of primary amides is 1. The molecule has 0 aromatic heterocycles. The second-order valence-electron chi connectivity index (χ2n) is 3.70. The van der Waals surface area contributed by atoms with Crippen LogP contribution < -0.4 is 5.73 Å². The molecule has 0 fully saturated rings. The minimum atomic E-state index is -0.248. The zero-order chi connectivity index (χ0) is 10.7. The van der Waals surface area contributed by atoms with Gasteiger partial charge in [-0.1, -0.05) is 24.3 Å². The smallest absolute Gasteiger partial charge is 0.219 e. The van der Waals surface area contributed by atoms with Gasteiger partial charge in [0.1, 0.15) is 0 Å². The molecule has 2 N–H and O–H groups in total. The molecule has 0 aliphatic carbocycles. The SMILES string of the molecule is NC(=O)CCN1C=Cc2ccccc2C1. The topological polar surface area (TPSA) is 46.3 Å². The van der Waals surface area contributed by atoms with E-state index in [4.69, 9.17) is 5.73 Å². The molecule has 15 heavy (non-hydrogen) atoms. The maximum atomic E-state index is 10.7. The molecule has 1 aliphatic rings. The van der Waals surface area contributed by atoms with Crippen LogP contribution in [0.5, 0.6) is 0 Å². The Hall–Kier alpha value is -1.77. The van der Waals surface area contributed by atoms with Gasteiger partial charge < -0.3 is 10.6 Å². The third kappa shape index (κ3) is 2.37. The first-order valence-corrected chi connectivity index (χ1v) is 5.04. The van der Waals surface area contributed by atoms with Gasteiger partial charge in [0, 0.05) is 19.5 Å². The van der Waals surface area contributed by atoms with E-state index in [1.54, 1.807) is 0 Å². The Kier molecular flexibility index (Phi) is 2.72. The molecule has 3 nitrogen and oxygen atoms in total. The van der Waals surface area contributed by atoms with Gasteiger partial charge in [-0.05, 0) is 23.4 Å². The maximum absolute atomic E-state index is 10.7. The Morgan fingerprint density at radius 1 is 1.40 bits per heavy atom. The number of hydrogen-bond acceptors (Lipinski definition) is 2. The largest absolute Gasteiger partial charge is 0.373 e. The predicted octanol–water partition coefficient (Wildman–Crippen LogP) is 1.35. The van der Waals surface area contributed by atoms with E-state index in [9.17, 15) is 4.79 Å². The molecule has 78 valence electrons. The number of hydrogen-bond donors (Lipinski definition) is 1. The highest BCUT2D eigenvalue weighted by molar-refractivity contribution is 5.73. The van der Waals surface area contributed by atoms with E-state index in [-0.39, 0.29) is 5.91 Å². The first-order valence-electron chi connectivity index (χ1n) is 5.04. The summed E-state index contributed by atoms with van der Waals surface area (Å²) >= 11 is 0. The molecular weight excluding hydrogens is 188 g/mol. The highest BCUT2D eigenvalue weighted by Crippen LogP contribution is 2.18. The van der Waals surface area contributed by atoms with E-state index in [2.05, 4.69) is 23.1 Å². The van der Waals surface area contributed by atoms with E-state index in [0.29, 0.717) is 13.0 Å². The fourth-order valence-electron chi connectivity index (χ4n) is 1.71. The average molecular weight is 202 g/mol. The molecule has 1 aromatic rings. The first-order chi connectivity index (χ1) is 7.25. The van der Waals surface area contributed by atoms with Gasteiger partial charge in [0.05, 0.1) is 0 Å². The summed E-state index contributed by atoms with van der Waals surface area (Å²) in [5.41, 5.74) is 7.67. The molecule has 0 bridgehead atoms. The van der Waals surface area contributed by atoms with Crippen molar-refractivity contribution >= 4 is 12.0 Å². The van der Waals surface area contributed by atoms with Gasteiger partial charge >= 0.3 is 0 Å². The van der Waals surface area contributed by atoms with Crippen LogP contribution in [0.4, 0.5) is 0 Å². The van der Waals surface area contributed by atoms with E-state index < -0.39 is 0 Å². The highest BCUT2D eigenvalue weighted by atomic mass is 16.1. The van der Waals surface area contributed by atoms with Crippen molar-refractivity contribution < 1.29 is 4.79 Å². The lowest BCUT2D eigenvalue weighted by Gasteiger charge is -2.24. The number of amides is 1. The zero-order valence-electron chi connectivity index (χ0n) is 8.52. The van der Waals surface area contributed by atoms with Crippen LogP contribution >= 0.6 is 0 Å². The molecule has 3 heteroatoms. The molecule has 0 saturated heterocycles. The maximum Gasteiger partial charge on any atom is 0.219 e. The first kappa shape index (κ1) is 9.77. The van der Waals surface area contributed by atoms with Gasteiger partial charge in [-0.25, -0.2) is 0 Å². The normalized spacial score (nSPS) is 13.7. The summed E-state index contributed by atoms with van der Waals surface area (Å²) in [5.74, 6) is -0.248. The van der Waals surface area contributed by atoms with Gasteiger partial charge in [-0.2, -0.15) is 0 Å². The standard InChI is InChI=1S/C12H14N2O/c13-12(15)6-8-14-7-5-10-3-1-2-4-11(10)9-14/h1-5,7H,6,8-9H2,(H2,13,15). The van der Waals surface area contributed by atoms with Crippen LogP contribution in [0.1, 0.15) is 17.5 Å². The monoisotopic (exact) mass is 202 g/mol. The van der Waals surface area contributed by atoms with Crippen molar-refractivity contribution in [1.82, 2.24) is 4.90 Å². The van der Waals surface area contributed by atoms with Gasteiger partial charge in [0.25, 0.3) is 0 Å². The second-order valence-corrected chi connectivity index (χ2v) is 3.70. The van der Waals surface area contributed by atoms with Crippen molar-refractivity contribution in [1.29, 1.82) is 0 Å². The Morgan fingerprint density at radius 3 is 3.00 bits per heavy atom. The molecule has 0 saturated carbocycles. The number of benzene rings is 1. The molecule has 1 aromatic carbocycles. The summed E-state index contributed by atoms with van der Waals surface area (Å²) in [6, 6.07) is 8.26. The van der Waals surface area contributed by atoms with Crippen LogP contribution in [0.25, 0.3) is 6.08 Å². The number of carbonyl (C=O) groups is 1. The molecule has 0 unspecified atom stereocenters. The Bertz CT molecular complexity index is 398. The van der Waals surface area contributed by atoms with Crippen LogP contribution in [-0.4, -0.2) is 17.4 Å². The third-order valence-corrected chi connectivity index (χ3v) is 2.54. The Morgan fingerprint density at radius 2 is 2.20 bits per heavy atom. The molecular formula is C12H14N2O. The predicted molar refractivity (Wildman–Crippen MR) is 59.7 cm³/mol. The second kappa shape index (κ2) is 4.17. The fraction of sp³-hybridized carbons (Fsp3) is 0.250. The van der Waals surface area contributed by atoms with E-state index in [0.717, 1.165) is 6.54 Å². The molecule has 1 amide bonds. The molecule has 0 atom stereocenters. The summed E-state index contributed by atoms with van der Waals surface area (Å²) in [6.45, 7) is 1.56. The van der Waals surface area contributed by atoms with Gasteiger partial charge in [0.15, 0.2) is 0 Å². The van der Waals surface area contributed by atoms with Gasteiger partial charge in [0.2, 0.25) is 5.91 Å². The lowest BCUT2D eigenvalue weighted by atomic mass is 10.0. The summed E-state index contributed by atoms with van der Waals surface area (Å²) in [7, 11) is 0. The van der Waals surface area contributed by atoms with Crippen molar-refractivity contribution in [3.8, 4) is 0 Å². The average Bonchev–Trinajstić information content (AvgIpc) is 2.26. The van der Waals surface area contributed by atoms with E-state index in [1.807, 2.05) is 18.3 Å². The van der Waals surface area contributed by atoms with Crippen LogP contribution in [0, 0.1) is 0 Å². The summed E-state index contributed by atoms with van der Waals surface area (Å²) in [6.07, 6.45) is 4.50. The minimum absolute atomic E-state index is 0.248. The number of fused-ring (bicyclic) bond motifs is 1. The summed E-state index contributed by atoms with van der Waals surface area (Å²) in [4.78, 5) is 12.8. The zero-order valence-corrected chi connectivity index (χ0v) is 8.52.